The summed E-state index contributed by atoms with van der Waals surface area (Å²) in [7, 11) is 0. The highest BCUT2D eigenvalue weighted by Crippen LogP contribution is 2.16. The minimum absolute atomic E-state index is 0.0774. The van der Waals surface area contributed by atoms with Crippen molar-refractivity contribution in [2.24, 2.45) is 0 Å². The summed E-state index contributed by atoms with van der Waals surface area (Å²) in [5.74, 6) is -0.0774. The first kappa shape index (κ1) is 8.62. The Hall–Kier alpha value is -1.97. The van der Waals surface area contributed by atoms with Gasteiger partial charge in [0.05, 0.1) is 12.4 Å². The molecule has 70 valence electrons. The summed E-state index contributed by atoms with van der Waals surface area (Å²) >= 11 is 0. The van der Waals surface area contributed by atoms with Gasteiger partial charge in [0.2, 0.25) is 5.91 Å². The van der Waals surface area contributed by atoms with E-state index in [-0.39, 0.29) is 5.91 Å². The average molecular weight is 187 g/mol. The van der Waals surface area contributed by atoms with Crippen molar-refractivity contribution in [1.29, 1.82) is 0 Å². The highest BCUT2D eigenvalue weighted by atomic mass is 16.1. The number of carbonyl (C=O) groups is 1. The third kappa shape index (κ3) is 1.69. The Morgan fingerprint density at radius 3 is 2.64 bits per heavy atom. The molecule has 0 aliphatic heterocycles. The van der Waals surface area contributed by atoms with Crippen molar-refractivity contribution >= 4 is 22.4 Å². The molecule has 0 fully saturated rings. The average Bonchev–Trinajstić information content (AvgIpc) is 2.17. The van der Waals surface area contributed by atoms with Gasteiger partial charge in [0, 0.05) is 23.4 Å². The van der Waals surface area contributed by atoms with E-state index in [2.05, 4.69) is 15.5 Å². The molecule has 0 bridgehead atoms. The summed E-state index contributed by atoms with van der Waals surface area (Å²) in [5, 5.41) is 12.2. The van der Waals surface area contributed by atoms with Gasteiger partial charge in [-0.2, -0.15) is 10.2 Å². The van der Waals surface area contributed by atoms with E-state index in [4.69, 9.17) is 0 Å². The SMILES string of the molecule is CC(=O)Nc1ccc2cnncc2c1. The number of rotatable bonds is 1. The standard InChI is InChI=1S/C10H9N3O/c1-7(14)13-10-3-2-8-5-11-12-6-9(8)4-10/h2-6H,1H3,(H,13,14). The summed E-state index contributed by atoms with van der Waals surface area (Å²) < 4.78 is 0. The molecule has 1 aromatic carbocycles. The van der Waals surface area contributed by atoms with E-state index in [9.17, 15) is 4.79 Å². The first-order chi connectivity index (χ1) is 6.75. The van der Waals surface area contributed by atoms with E-state index in [1.54, 1.807) is 12.4 Å². The van der Waals surface area contributed by atoms with Crippen LogP contribution in [0.1, 0.15) is 6.92 Å². The molecule has 0 saturated carbocycles. The number of carbonyl (C=O) groups excluding carboxylic acids is 1. The number of nitrogens with one attached hydrogen (secondary N) is 1. The number of benzene rings is 1. The zero-order valence-corrected chi connectivity index (χ0v) is 7.69. The fourth-order valence-electron chi connectivity index (χ4n) is 1.28. The number of aromatic nitrogens is 2. The Morgan fingerprint density at radius 1 is 1.21 bits per heavy atom. The quantitative estimate of drug-likeness (QED) is 0.737. The van der Waals surface area contributed by atoms with Crippen LogP contribution < -0.4 is 5.32 Å². The Balaban J connectivity index is 2.46. The molecule has 0 aliphatic rings. The molecule has 4 heteroatoms. The maximum Gasteiger partial charge on any atom is 0.221 e. The Labute approximate surface area is 81.0 Å². The highest BCUT2D eigenvalue weighted by molar-refractivity contribution is 5.92. The third-order valence-corrected chi connectivity index (χ3v) is 1.87. The van der Waals surface area contributed by atoms with E-state index in [0.29, 0.717) is 0 Å². The maximum absolute atomic E-state index is 10.8. The molecule has 14 heavy (non-hydrogen) atoms. The first-order valence-electron chi connectivity index (χ1n) is 4.24. The van der Waals surface area contributed by atoms with E-state index < -0.39 is 0 Å². The third-order valence-electron chi connectivity index (χ3n) is 1.87. The van der Waals surface area contributed by atoms with Crippen LogP contribution in [-0.4, -0.2) is 16.1 Å². The number of nitrogens with zero attached hydrogens (tertiary/aromatic N) is 2. The lowest BCUT2D eigenvalue weighted by atomic mass is 10.2. The predicted molar refractivity (Wildman–Crippen MR) is 53.8 cm³/mol. The van der Waals surface area contributed by atoms with Gasteiger partial charge in [-0.25, -0.2) is 0 Å². The zero-order chi connectivity index (χ0) is 9.97. The van der Waals surface area contributed by atoms with Crippen molar-refractivity contribution in [2.75, 3.05) is 5.32 Å². The van der Waals surface area contributed by atoms with E-state index in [1.165, 1.54) is 6.92 Å². The van der Waals surface area contributed by atoms with E-state index >= 15 is 0 Å². The van der Waals surface area contributed by atoms with E-state index in [1.807, 2.05) is 18.2 Å². The molecule has 0 atom stereocenters. The summed E-state index contributed by atoms with van der Waals surface area (Å²) in [5.41, 5.74) is 0.776. The van der Waals surface area contributed by atoms with Crippen LogP contribution in [0, 0.1) is 0 Å². The molecule has 1 amide bonds. The lowest BCUT2D eigenvalue weighted by Crippen LogP contribution is -2.05. The zero-order valence-electron chi connectivity index (χ0n) is 7.69. The fraction of sp³-hybridized carbons (Fsp3) is 0.100. The summed E-state index contributed by atoms with van der Waals surface area (Å²) in [6, 6.07) is 5.60. The van der Waals surface area contributed by atoms with E-state index in [0.717, 1.165) is 16.5 Å². The van der Waals surface area contributed by atoms with Crippen LogP contribution in [0.3, 0.4) is 0 Å². The molecule has 1 heterocycles. The Kier molecular flexibility index (Phi) is 2.10. The van der Waals surface area contributed by atoms with Crippen molar-refractivity contribution in [2.45, 2.75) is 6.92 Å². The molecule has 1 aromatic heterocycles. The van der Waals surface area contributed by atoms with Crippen LogP contribution in [0.25, 0.3) is 10.8 Å². The molecular formula is C10H9N3O. The second kappa shape index (κ2) is 3.41. The van der Waals surface area contributed by atoms with Crippen LogP contribution in [0.15, 0.2) is 30.6 Å². The van der Waals surface area contributed by atoms with Gasteiger partial charge in [-0.3, -0.25) is 4.79 Å². The van der Waals surface area contributed by atoms with Crippen molar-refractivity contribution < 1.29 is 4.79 Å². The van der Waals surface area contributed by atoms with Gasteiger partial charge in [-0.05, 0) is 12.1 Å². The monoisotopic (exact) mass is 187 g/mol. The molecule has 0 radical (unpaired) electrons. The second-order valence-corrected chi connectivity index (χ2v) is 3.01. The highest BCUT2D eigenvalue weighted by Gasteiger charge is 1.97. The number of hydrogen-bond acceptors (Lipinski definition) is 3. The van der Waals surface area contributed by atoms with Crippen molar-refractivity contribution in [1.82, 2.24) is 10.2 Å². The molecule has 0 unspecified atom stereocenters. The van der Waals surface area contributed by atoms with Gasteiger partial charge in [0.15, 0.2) is 0 Å². The smallest absolute Gasteiger partial charge is 0.221 e. The van der Waals surface area contributed by atoms with Gasteiger partial charge < -0.3 is 5.32 Å². The molecule has 0 aliphatic carbocycles. The van der Waals surface area contributed by atoms with Gasteiger partial charge in [-0.1, -0.05) is 6.07 Å². The van der Waals surface area contributed by atoms with Crippen LogP contribution in [0.4, 0.5) is 5.69 Å². The summed E-state index contributed by atoms with van der Waals surface area (Å²) in [6.07, 6.45) is 3.35. The van der Waals surface area contributed by atoms with Crippen LogP contribution in [0.2, 0.25) is 0 Å². The second-order valence-electron chi connectivity index (χ2n) is 3.01. The summed E-state index contributed by atoms with van der Waals surface area (Å²) in [6.45, 7) is 1.48. The van der Waals surface area contributed by atoms with Gasteiger partial charge in [-0.15, -0.1) is 0 Å². The molecule has 4 nitrogen and oxygen atoms in total. The first-order valence-corrected chi connectivity index (χ1v) is 4.24. The van der Waals surface area contributed by atoms with Gasteiger partial charge >= 0.3 is 0 Å². The normalized spacial score (nSPS) is 10.1. The molecular weight excluding hydrogens is 178 g/mol. The molecule has 1 N–H and O–H groups in total. The van der Waals surface area contributed by atoms with Gasteiger partial charge in [0.25, 0.3) is 0 Å². The minimum Gasteiger partial charge on any atom is -0.326 e. The van der Waals surface area contributed by atoms with Crippen molar-refractivity contribution in [3.05, 3.63) is 30.6 Å². The molecule has 0 spiro atoms. The Bertz CT molecular complexity index is 482. The largest absolute Gasteiger partial charge is 0.326 e. The lowest BCUT2D eigenvalue weighted by molar-refractivity contribution is -0.114. The maximum atomic E-state index is 10.8. The molecule has 2 aromatic rings. The van der Waals surface area contributed by atoms with Gasteiger partial charge in [0.1, 0.15) is 0 Å². The topological polar surface area (TPSA) is 54.9 Å². The van der Waals surface area contributed by atoms with Crippen LogP contribution in [0.5, 0.6) is 0 Å². The Morgan fingerprint density at radius 2 is 1.93 bits per heavy atom. The minimum atomic E-state index is -0.0774. The van der Waals surface area contributed by atoms with Crippen LogP contribution in [-0.2, 0) is 4.79 Å². The summed E-state index contributed by atoms with van der Waals surface area (Å²) in [4.78, 5) is 10.8. The molecule has 2 rings (SSSR count). The van der Waals surface area contributed by atoms with Crippen molar-refractivity contribution in [3.63, 3.8) is 0 Å². The fourth-order valence-corrected chi connectivity index (χ4v) is 1.28. The number of amides is 1. The molecule has 0 saturated heterocycles. The number of anilines is 1. The van der Waals surface area contributed by atoms with Crippen molar-refractivity contribution in [3.8, 4) is 0 Å². The van der Waals surface area contributed by atoms with Crippen LogP contribution >= 0.6 is 0 Å². The number of fused-ring (bicyclic) bond motifs is 1. The number of hydrogen-bond donors (Lipinski definition) is 1. The lowest BCUT2D eigenvalue weighted by Gasteiger charge is -2.02. The predicted octanol–water partition coefficient (Wildman–Crippen LogP) is 1.59.